The van der Waals surface area contributed by atoms with E-state index in [1.807, 2.05) is 13.0 Å². The molecule has 0 aromatic heterocycles. The number of hydrogen-bond donors (Lipinski definition) is 2. The zero-order chi connectivity index (χ0) is 20.9. The molecule has 29 heavy (non-hydrogen) atoms. The van der Waals surface area contributed by atoms with E-state index in [1.54, 1.807) is 55.5 Å². The minimum absolute atomic E-state index is 0.344. The molecule has 0 saturated carbocycles. The summed E-state index contributed by atoms with van der Waals surface area (Å²) in [4.78, 5) is 37.6. The number of benzene rings is 2. The van der Waals surface area contributed by atoms with Crippen LogP contribution in [0.1, 0.15) is 25.8 Å². The molecule has 4 amide bonds. The molecule has 0 spiro atoms. The fourth-order valence-electron chi connectivity index (χ4n) is 3.14. The number of nitrogens with one attached hydrogen (secondary N) is 2. The van der Waals surface area contributed by atoms with Crippen LogP contribution >= 0.6 is 0 Å². The molecular weight excluding hydrogens is 374 g/mol. The molecule has 1 atom stereocenters. The van der Waals surface area contributed by atoms with E-state index in [-0.39, 0.29) is 6.61 Å². The lowest BCUT2D eigenvalue weighted by atomic mass is 9.87. The van der Waals surface area contributed by atoms with Crippen LogP contribution in [0.25, 0.3) is 0 Å². The summed E-state index contributed by atoms with van der Waals surface area (Å²) < 4.78 is 10.7. The maximum atomic E-state index is 13.0. The lowest BCUT2D eigenvalue weighted by Gasteiger charge is -2.25. The first-order chi connectivity index (χ1) is 14.0. The standard InChI is InChI=1S/C21H23N3O5/c1-3-21(15-8-6-5-7-9-15)19(26)24(20(27)22-21)23-18(25)14-29-17-12-10-16(11-13-17)28-4-2/h5-13H,3-4,14H2,1-2H3,(H,22,27)(H,23,25)/t21-/m0/s1. The molecule has 2 aromatic carbocycles. The van der Waals surface area contributed by atoms with E-state index >= 15 is 0 Å². The Hall–Kier alpha value is -3.55. The summed E-state index contributed by atoms with van der Waals surface area (Å²) in [6.45, 7) is 3.88. The molecule has 0 unspecified atom stereocenters. The van der Waals surface area contributed by atoms with Crippen molar-refractivity contribution in [2.24, 2.45) is 0 Å². The number of amides is 4. The predicted octanol–water partition coefficient (Wildman–Crippen LogP) is 2.35. The van der Waals surface area contributed by atoms with Gasteiger partial charge in [0.1, 0.15) is 17.0 Å². The molecule has 1 heterocycles. The average Bonchev–Trinajstić information content (AvgIpc) is 2.99. The van der Waals surface area contributed by atoms with Crippen molar-refractivity contribution in [3.8, 4) is 11.5 Å². The smallest absolute Gasteiger partial charge is 0.344 e. The van der Waals surface area contributed by atoms with Gasteiger partial charge in [0.25, 0.3) is 11.8 Å². The van der Waals surface area contributed by atoms with E-state index in [2.05, 4.69) is 10.7 Å². The largest absolute Gasteiger partial charge is 0.494 e. The van der Waals surface area contributed by atoms with Crippen molar-refractivity contribution in [2.45, 2.75) is 25.8 Å². The number of hydrazine groups is 1. The highest BCUT2D eigenvalue weighted by atomic mass is 16.5. The third-order valence-corrected chi connectivity index (χ3v) is 4.63. The molecule has 0 radical (unpaired) electrons. The highest BCUT2D eigenvalue weighted by Crippen LogP contribution is 2.31. The maximum absolute atomic E-state index is 13.0. The van der Waals surface area contributed by atoms with Gasteiger partial charge in [0.05, 0.1) is 6.61 Å². The van der Waals surface area contributed by atoms with Gasteiger partial charge < -0.3 is 14.8 Å². The van der Waals surface area contributed by atoms with Gasteiger partial charge in [0.15, 0.2) is 6.61 Å². The number of rotatable bonds is 8. The van der Waals surface area contributed by atoms with E-state index in [1.165, 1.54) is 0 Å². The van der Waals surface area contributed by atoms with Gasteiger partial charge >= 0.3 is 6.03 Å². The van der Waals surface area contributed by atoms with Crippen LogP contribution < -0.4 is 20.2 Å². The van der Waals surface area contributed by atoms with Crippen molar-refractivity contribution in [1.82, 2.24) is 15.8 Å². The van der Waals surface area contributed by atoms with E-state index in [9.17, 15) is 14.4 Å². The normalized spacial score (nSPS) is 18.3. The number of carbonyl (C=O) groups excluding carboxylic acids is 3. The van der Waals surface area contributed by atoms with Crippen molar-refractivity contribution in [3.05, 3.63) is 60.2 Å². The van der Waals surface area contributed by atoms with E-state index < -0.39 is 23.4 Å². The molecule has 8 heteroatoms. The Labute approximate surface area is 168 Å². The number of ether oxygens (including phenoxy) is 2. The summed E-state index contributed by atoms with van der Waals surface area (Å²) in [5.74, 6) is 0.00131. The van der Waals surface area contributed by atoms with Gasteiger partial charge in [-0.2, -0.15) is 5.01 Å². The molecule has 0 bridgehead atoms. The minimum Gasteiger partial charge on any atom is -0.494 e. The first-order valence-corrected chi connectivity index (χ1v) is 9.37. The highest BCUT2D eigenvalue weighted by molar-refractivity contribution is 6.08. The van der Waals surface area contributed by atoms with Crippen LogP contribution in [-0.4, -0.2) is 36.1 Å². The van der Waals surface area contributed by atoms with Crippen LogP contribution in [0.2, 0.25) is 0 Å². The average molecular weight is 397 g/mol. The molecule has 2 aromatic rings. The second-order valence-corrected chi connectivity index (χ2v) is 6.42. The van der Waals surface area contributed by atoms with Crippen LogP contribution in [-0.2, 0) is 15.1 Å². The highest BCUT2D eigenvalue weighted by Gasteiger charge is 2.52. The zero-order valence-corrected chi connectivity index (χ0v) is 16.3. The molecule has 1 aliphatic rings. The van der Waals surface area contributed by atoms with Crippen molar-refractivity contribution in [2.75, 3.05) is 13.2 Å². The summed E-state index contributed by atoms with van der Waals surface area (Å²) in [5.41, 5.74) is 1.77. The summed E-state index contributed by atoms with van der Waals surface area (Å²) in [6, 6.07) is 15.0. The van der Waals surface area contributed by atoms with Crippen molar-refractivity contribution in [3.63, 3.8) is 0 Å². The quantitative estimate of drug-likeness (QED) is 0.667. The molecule has 1 aliphatic heterocycles. The molecule has 1 fully saturated rings. The lowest BCUT2D eigenvalue weighted by molar-refractivity contribution is -0.140. The van der Waals surface area contributed by atoms with Gasteiger partial charge in [0.2, 0.25) is 0 Å². The van der Waals surface area contributed by atoms with Crippen LogP contribution in [0.4, 0.5) is 4.79 Å². The number of hydrogen-bond acceptors (Lipinski definition) is 5. The van der Waals surface area contributed by atoms with Crippen molar-refractivity contribution < 1.29 is 23.9 Å². The van der Waals surface area contributed by atoms with Gasteiger partial charge in [-0.15, -0.1) is 0 Å². The van der Waals surface area contributed by atoms with E-state index in [0.717, 1.165) is 0 Å². The Kier molecular flexibility index (Phi) is 6.01. The third-order valence-electron chi connectivity index (χ3n) is 4.63. The Morgan fingerprint density at radius 2 is 1.62 bits per heavy atom. The molecule has 0 aliphatic carbocycles. The monoisotopic (exact) mass is 397 g/mol. The first kappa shape index (κ1) is 20.2. The number of urea groups is 1. The lowest BCUT2D eigenvalue weighted by Crippen LogP contribution is -2.49. The van der Waals surface area contributed by atoms with Gasteiger partial charge in [-0.25, -0.2) is 4.79 Å². The van der Waals surface area contributed by atoms with Crippen LogP contribution in [0, 0.1) is 0 Å². The van der Waals surface area contributed by atoms with Gasteiger partial charge in [-0.3, -0.25) is 15.0 Å². The maximum Gasteiger partial charge on any atom is 0.344 e. The first-order valence-electron chi connectivity index (χ1n) is 9.37. The summed E-state index contributed by atoms with van der Waals surface area (Å²) >= 11 is 0. The van der Waals surface area contributed by atoms with Gasteiger partial charge in [-0.05, 0) is 43.2 Å². The summed E-state index contributed by atoms with van der Waals surface area (Å²) in [7, 11) is 0. The van der Waals surface area contributed by atoms with Crippen molar-refractivity contribution in [1.29, 1.82) is 0 Å². The fraction of sp³-hybridized carbons (Fsp3) is 0.286. The molecule has 2 N–H and O–H groups in total. The fourth-order valence-corrected chi connectivity index (χ4v) is 3.14. The van der Waals surface area contributed by atoms with E-state index in [4.69, 9.17) is 9.47 Å². The second-order valence-electron chi connectivity index (χ2n) is 6.42. The summed E-state index contributed by atoms with van der Waals surface area (Å²) in [5, 5.41) is 3.41. The van der Waals surface area contributed by atoms with Crippen molar-refractivity contribution >= 4 is 17.8 Å². The SMILES string of the molecule is CCOc1ccc(OCC(=O)NN2C(=O)N[C@@](CC)(c3ccccc3)C2=O)cc1. The molecule has 3 rings (SSSR count). The Morgan fingerprint density at radius 3 is 2.21 bits per heavy atom. The number of nitrogens with zero attached hydrogens (tertiary/aromatic N) is 1. The minimum atomic E-state index is -1.21. The molecular formula is C21H23N3O5. The number of carbonyl (C=O) groups is 3. The number of imide groups is 1. The van der Waals surface area contributed by atoms with Crippen LogP contribution in [0.3, 0.4) is 0 Å². The molecule has 152 valence electrons. The van der Waals surface area contributed by atoms with Gasteiger partial charge in [-0.1, -0.05) is 37.3 Å². The van der Waals surface area contributed by atoms with Crippen LogP contribution in [0.15, 0.2) is 54.6 Å². The van der Waals surface area contributed by atoms with Gasteiger partial charge in [0, 0.05) is 0 Å². The Morgan fingerprint density at radius 1 is 1.00 bits per heavy atom. The molecule has 8 nitrogen and oxygen atoms in total. The third kappa shape index (κ3) is 4.16. The van der Waals surface area contributed by atoms with E-state index in [0.29, 0.717) is 35.1 Å². The predicted molar refractivity (Wildman–Crippen MR) is 105 cm³/mol. The topological polar surface area (TPSA) is 97.0 Å². The zero-order valence-electron chi connectivity index (χ0n) is 16.3. The second kappa shape index (κ2) is 8.64. The summed E-state index contributed by atoms with van der Waals surface area (Å²) in [6.07, 6.45) is 0.344. The Balaban J connectivity index is 1.63. The van der Waals surface area contributed by atoms with Crippen LogP contribution in [0.5, 0.6) is 11.5 Å². The molecule has 1 saturated heterocycles. The Bertz CT molecular complexity index is 885.